The Bertz CT molecular complexity index is 610. The van der Waals surface area contributed by atoms with Crippen molar-refractivity contribution in [1.29, 1.82) is 0 Å². The molecule has 0 unspecified atom stereocenters. The summed E-state index contributed by atoms with van der Waals surface area (Å²) >= 11 is 0. The minimum Gasteiger partial charge on any atom is -0.369 e. The number of halogens is 1. The third-order valence-electron chi connectivity index (χ3n) is 4.65. The van der Waals surface area contributed by atoms with Crippen LogP contribution in [0.15, 0.2) is 18.3 Å². The van der Waals surface area contributed by atoms with Gasteiger partial charge in [0.25, 0.3) is 0 Å². The first-order valence-electron chi connectivity index (χ1n) is 8.43. The van der Waals surface area contributed by atoms with E-state index in [-0.39, 0.29) is 5.82 Å². The SMILES string of the molecule is CC.CC(C)C1CCN(c2c(F)ccc3c2cnn3C)CC1. The summed E-state index contributed by atoms with van der Waals surface area (Å²) in [5.41, 5.74) is 1.73. The molecule has 3 nitrogen and oxygen atoms in total. The molecule has 22 heavy (non-hydrogen) atoms. The Labute approximate surface area is 133 Å². The van der Waals surface area contributed by atoms with E-state index < -0.39 is 0 Å². The number of fused-ring (bicyclic) bond motifs is 1. The maximum Gasteiger partial charge on any atom is 0.147 e. The number of hydrogen-bond donors (Lipinski definition) is 0. The number of hydrogen-bond acceptors (Lipinski definition) is 2. The van der Waals surface area contributed by atoms with Crippen molar-refractivity contribution in [3.8, 4) is 0 Å². The predicted molar refractivity (Wildman–Crippen MR) is 91.8 cm³/mol. The van der Waals surface area contributed by atoms with E-state index >= 15 is 0 Å². The molecule has 0 aliphatic carbocycles. The Morgan fingerprint density at radius 3 is 2.41 bits per heavy atom. The number of rotatable bonds is 2. The lowest BCUT2D eigenvalue weighted by Crippen LogP contribution is -2.35. The molecule has 122 valence electrons. The largest absolute Gasteiger partial charge is 0.369 e. The Hall–Kier alpha value is -1.58. The van der Waals surface area contributed by atoms with Crippen LogP contribution in [-0.2, 0) is 7.05 Å². The second-order valence-corrected chi connectivity index (χ2v) is 6.17. The Morgan fingerprint density at radius 2 is 1.82 bits per heavy atom. The van der Waals surface area contributed by atoms with Crippen LogP contribution in [0.3, 0.4) is 0 Å². The molecule has 0 saturated carbocycles. The van der Waals surface area contributed by atoms with Crippen LogP contribution in [0.4, 0.5) is 10.1 Å². The summed E-state index contributed by atoms with van der Waals surface area (Å²) in [7, 11) is 1.90. The van der Waals surface area contributed by atoms with Gasteiger partial charge in [-0.2, -0.15) is 5.10 Å². The lowest BCUT2D eigenvalue weighted by atomic mass is 9.86. The molecule has 2 aromatic rings. The first-order valence-corrected chi connectivity index (χ1v) is 8.43. The fraction of sp³-hybridized carbons (Fsp3) is 0.611. The van der Waals surface area contributed by atoms with Crippen molar-refractivity contribution in [2.45, 2.75) is 40.5 Å². The number of anilines is 1. The van der Waals surface area contributed by atoms with E-state index in [9.17, 15) is 4.39 Å². The summed E-state index contributed by atoms with van der Waals surface area (Å²) < 4.78 is 16.1. The van der Waals surface area contributed by atoms with Crippen molar-refractivity contribution in [3.63, 3.8) is 0 Å². The van der Waals surface area contributed by atoms with Gasteiger partial charge in [-0.15, -0.1) is 0 Å². The van der Waals surface area contributed by atoms with E-state index in [0.29, 0.717) is 0 Å². The molecule has 4 heteroatoms. The van der Waals surface area contributed by atoms with Gasteiger partial charge in [-0.05, 0) is 36.8 Å². The number of aryl methyl sites for hydroxylation is 1. The molecule has 1 aromatic carbocycles. The molecule has 0 spiro atoms. The van der Waals surface area contributed by atoms with Crippen molar-refractivity contribution in [2.24, 2.45) is 18.9 Å². The van der Waals surface area contributed by atoms with Gasteiger partial charge >= 0.3 is 0 Å². The normalized spacial score (nSPS) is 16.0. The molecule has 0 atom stereocenters. The fourth-order valence-electron chi connectivity index (χ4n) is 3.30. The Kier molecular flexibility index (Phi) is 5.43. The summed E-state index contributed by atoms with van der Waals surface area (Å²) in [5, 5.41) is 5.19. The molecule has 0 amide bonds. The van der Waals surface area contributed by atoms with E-state index in [1.165, 1.54) is 0 Å². The van der Waals surface area contributed by atoms with Gasteiger partial charge < -0.3 is 4.90 Å². The number of benzene rings is 1. The zero-order chi connectivity index (χ0) is 16.3. The lowest BCUT2D eigenvalue weighted by molar-refractivity contribution is 0.310. The van der Waals surface area contributed by atoms with Crippen LogP contribution in [0, 0.1) is 17.7 Å². The average Bonchev–Trinajstić information content (AvgIpc) is 2.90. The molecule has 1 fully saturated rings. The molecule has 3 rings (SSSR count). The molecule has 1 aromatic heterocycles. The zero-order valence-electron chi connectivity index (χ0n) is 14.4. The lowest BCUT2D eigenvalue weighted by Gasteiger charge is -2.35. The maximum absolute atomic E-state index is 14.3. The molecular formula is C18H28FN3. The topological polar surface area (TPSA) is 21.1 Å². The Balaban J connectivity index is 0.000000847. The van der Waals surface area contributed by atoms with Crippen LogP contribution in [0.1, 0.15) is 40.5 Å². The monoisotopic (exact) mass is 305 g/mol. The van der Waals surface area contributed by atoms with Crippen molar-refractivity contribution in [3.05, 3.63) is 24.1 Å². The molecule has 1 aliphatic rings. The highest BCUT2D eigenvalue weighted by atomic mass is 19.1. The van der Waals surface area contributed by atoms with Crippen LogP contribution in [0.2, 0.25) is 0 Å². The van der Waals surface area contributed by atoms with E-state index in [4.69, 9.17) is 0 Å². The summed E-state index contributed by atoms with van der Waals surface area (Å²) in [6, 6.07) is 3.37. The van der Waals surface area contributed by atoms with Crippen LogP contribution in [0.25, 0.3) is 10.9 Å². The predicted octanol–water partition coefficient (Wildman–Crippen LogP) is 4.61. The Morgan fingerprint density at radius 1 is 1.18 bits per heavy atom. The van der Waals surface area contributed by atoms with Crippen LogP contribution < -0.4 is 4.90 Å². The number of nitrogens with zero attached hydrogens (tertiary/aromatic N) is 3. The maximum atomic E-state index is 14.3. The van der Waals surface area contributed by atoms with Crippen LogP contribution >= 0.6 is 0 Å². The van der Waals surface area contributed by atoms with Crippen molar-refractivity contribution >= 4 is 16.6 Å². The molecule has 0 N–H and O–H groups in total. The van der Waals surface area contributed by atoms with Crippen molar-refractivity contribution in [1.82, 2.24) is 9.78 Å². The van der Waals surface area contributed by atoms with E-state index in [1.54, 1.807) is 16.9 Å². The summed E-state index contributed by atoms with van der Waals surface area (Å²) in [5.74, 6) is 1.35. The third kappa shape index (κ3) is 3.11. The fourth-order valence-corrected chi connectivity index (χ4v) is 3.30. The summed E-state index contributed by atoms with van der Waals surface area (Å²) in [4.78, 5) is 2.19. The molecule has 2 heterocycles. The van der Waals surface area contributed by atoms with Gasteiger partial charge in [-0.1, -0.05) is 27.7 Å². The van der Waals surface area contributed by atoms with E-state index in [0.717, 1.165) is 54.4 Å². The molecular weight excluding hydrogens is 277 g/mol. The highest BCUT2D eigenvalue weighted by Crippen LogP contribution is 2.34. The van der Waals surface area contributed by atoms with Crippen molar-refractivity contribution in [2.75, 3.05) is 18.0 Å². The highest BCUT2D eigenvalue weighted by molar-refractivity contribution is 5.92. The molecule has 1 aliphatic heterocycles. The van der Waals surface area contributed by atoms with Gasteiger partial charge in [0.2, 0.25) is 0 Å². The minimum atomic E-state index is -0.131. The summed E-state index contributed by atoms with van der Waals surface area (Å²) in [6.07, 6.45) is 4.07. The first kappa shape index (κ1) is 16.8. The van der Waals surface area contributed by atoms with Gasteiger partial charge in [0.1, 0.15) is 5.82 Å². The summed E-state index contributed by atoms with van der Waals surface area (Å²) in [6.45, 7) is 10.4. The van der Waals surface area contributed by atoms with Crippen LogP contribution in [-0.4, -0.2) is 22.9 Å². The van der Waals surface area contributed by atoms with Gasteiger partial charge in [0, 0.05) is 25.5 Å². The quantitative estimate of drug-likeness (QED) is 0.808. The van der Waals surface area contributed by atoms with Crippen LogP contribution in [0.5, 0.6) is 0 Å². The molecule has 0 radical (unpaired) electrons. The van der Waals surface area contributed by atoms with Crippen molar-refractivity contribution < 1.29 is 4.39 Å². The zero-order valence-corrected chi connectivity index (χ0v) is 14.4. The molecule has 0 bridgehead atoms. The van der Waals surface area contributed by atoms with E-state index in [1.807, 2.05) is 27.0 Å². The van der Waals surface area contributed by atoms with Gasteiger partial charge in [-0.3, -0.25) is 4.68 Å². The van der Waals surface area contributed by atoms with Gasteiger partial charge in [0.15, 0.2) is 0 Å². The van der Waals surface area contributed by atoms with Gasteiger partial charge in [-0.25, -0.2) is 4.39 Å². The number of piperidine rings is 1. The molecule has 1 saturated heterocycles. The minimum absolute atomic E-state index is 0.131. The second kappa shape index (κ2) is 7.12. The smallest absolute Gasteiger partial charge is 0.147 e. The second-order valence-electron chi connectivity index (χ2n) is 6.17. The van der Waals surface area contributed by atoms with Gasteiger partial charge in [0.05, 0.1) is 17.4 Å². The first-order chi connectivity index (χ1) is 10.6. The standard InChI is InChI=1S/C16H22FN3.C2H6/c1-11(2)12-6-8-20(9-7-12)16-13-10-18-19(3)15(13)5-4-14(16)17;1-2/h4-5,10-12H,6-9H2,1-3H3;1-2H3. The number of aromatic nitrogens is 2. The average molecular weight is 305 g/mol. The highest BCUT2D eigenvalue weighted by Gasteiger charge is 2.25. The van der Waals surface area contributed by atoms with E-state index in [2.05, 4.69) is 23.8 Å². The third-order valence-corrected chi connectivity index (χ3v) is 4.65.